The van der Waals surface area contributed by atoms with Crippen LogP contribution in [0, 0.1) is 5.92 Å². The van der Waals surface area contributed by atoms with Crippen LogP contribution in [0.15, 0.2) is 0 Å². The van der Waals surface area contributed by atoms with Crippen LogP contribution in [-0.4, -0.2) is 37.7 Å². The second-order valence-corrected chi connectivity index (χ2v) is 5.07. The lowest BCUT2D eigenvalue weighted by Crippen LogP contribution is -2.38. The first-order valence-electron chi connectivity index (χ1n) is 7.09. The number of hydrogen-bond donors (Lipinski definition) is 1. The molecule has 19 heavy (non-hydrogen) atoms. The molecule has 0 saturated heterocycles. The van der Waals surface area contributed by atoms with Crippen LogP contribution >= 0.6 is 0 Å². The maximum atomic E-state index is 11.7. The Morgan fingerprint density at radius 1 is 1.26 bits per heavy atom. The third-order valence-corrected chi connectivity index (χ3v) is 3.52. The summed E-state index contributed by atoms with van der Waals surface area (Å²) in [5.74, 6) is -0.196. The smallest absolute Gasteiger partial charge is 0.308 e. The second-order valence-electron chi connectivity index (χ2n) is 5.07. The third-order valence-electron chi connectivity index (χ3n) is 3.52. The van der Waals surface area contributed by atoms with E-state index in [9.17, 15) is 9.59 Å². The molecule has 1 aliphatic carbocycles. The standard InChI is InChI=1S/C14H25NO4/c1-4-9-15-13(16)10(2)19-12-7-5-11(6-8-12)14(17)18-3/h10-12H,4-9H2,1-3H3,(H,15,16). The van der Waals surface area contributed by atoms with Crippen LogP contribution in [0.5, 0.6) is 0 Å². The summed E-state index contributed by atoms with van der Waals surface area (Å²) in [5, 5.41) is 2.82. The van der Waals surface area contributed by atoms with E-state index in [1.54, 1.807) is 6.92 Å². The Kier molecular flexibility index (Phi) is 6.84. The van der Waals surface area contributed by atoms with Crippen LogP contribution in [0.4, 0.5) is 0 Å². The summed E-state index contributed by atoms with van der Waals surface area (Å²) in [6, 6.07) is 0. The van der Waals surface area contributed by atoms with Crippen molar-refractivity contribution in [3.63, 3.8) is 0 Å². The van der Waals surface area contributed by atoms with E-state index in [2.05, 4.69) is 5.32 Å². The van der Waals surface area contributed by atoms with E-state index in [-0.39, 0.29) is 23.9 Å². The van der Waals surface area contributed by atoms with Gasteiger partial charge in [-0.05, 0) is 39.0 Å². The van der Waals surface area contributed by atoms with E-state index in [4.69, 9.17) is 9.47 Å². The number of esters is 1. The van der Waals surface area contributed by atoms with Gasteiger partial charge in [0.05, 0.1) is 19.1 Å². The Morgan fingerprint density at radius 2 is 1.89 bits per heavy atom. The molecule has 0 bridgehead atoms. The van der Waals surface area contributed by atoms with Crippen molar-refractivity contribution in [1.82, 2.24) is 5.32 Å². The summed E-state index contributed by atoms with van der Waals surface area (Å²) >= 11 is 0. The molecule has 1 N–H and O–H groups in total. The molecule has 0 heterocycles. The molecule has 0 aromatic carbocycles. The van der Waals surface area contributed by atoms with Crippen molar-refractivity contribution in [2.75, 3.05) is 13.7 Å². The van der Waals surface area contributed by atoms with E-state index in [1.165, 1.54) is 7.11 Å². The number of nitrogens with one attached hydrogen (secondary N) is 1. The number of hydrogen-bond acceptors (Lipinski definition) is 4. The van der Waals surface area contributed by atoms with E-state index in [1.807, 2.05) is 6.92 Å². The topological polar surface area (TPSA) is 64.6 Å². The van der Waals surface area contributed by atoms with Gasteiger partial charge < -0.3 is 14.8 Å². The number of carbonyl (C=O) groups excluding carboxylic acids is 2. The van der Waals surface area contributed by atoms with Crippen LogP contribution in [0.1, 0.15) is 46.0 Å². The fourth-order valence-electron chi connectivity index (χ4n) is 2.34. The van der Waals surface area contributed by atoms with Crippen molar-refractivity contribution in [2.45, 2.75) is 58.2 Å². The van der Waals surface area contributed by atoms with Gasteiger partial charge in [0.15, 0.2) is 0 Å². The molecule has 1 atom stereocenters. The predicted octanol–water partition coefficient (Wildman–Crippen LogP) is 1.65. The number of carbonyl (C=O) groups is 2. The molecule has 5 nitrogen and oxygen atoms in total. The van der Waals surface area contributed by atoms with Crippen molar-refractivity contribution in [3.8, 4) is 0 Å². The van der Waals surface area contributed by atoms with E-state index < -0.39 is 6.10 Å². The number of amides is 1. The zero-order valence-corrected chi connectivity index (χ0v) is 12.1. The van der Waals surface area contributed by atoms with Crippen molar-refractivity contribution in [2.24, 2.45) is 5.92 Å². The fourth-order valence-corrected chi connectivity index (χ4v) is 2.34. The molecule has 5 heteroatoms. The van der Waals surface area contributed by atoms with Gasteiger partial charge in [-0.3, -0.25) is 9.59 Å². The molecule has 1 saturated carbocycles. The monoisotopic (exact) mass is 271 g/mol. The van der Waals surface area contributed by atoms with Gasteiger partial charge >= 0.3 is 5.97 Å². The van der Waals surface area contributed by atoms with Crippen LogP contribution in [-0.2, 0) is 19.1 Å². The summed E-state index contributed by atoms with van der Waals surface area (Å²) in [6.07, 6.45) is 3.75. The molecular weight excluding hydrogens is 246 g/mol. The van der Waals surface area contributed by atoms with Crippen molar-refractivity contribution >= 4 is 11.9 Å². The summed E-state index contributed by atoms with van der Waals surface area (Å²) in [5.41, 5.74) is 0. The molecule has 1 rings (SSSR count). The first-order chi connectivity index (χ1) is 9.08. The molecule has 1 unspecified atom stereocenters. The van der Waals surface area contributed by atoms with E-state index in [0.29, 0.717) is 6.54 Å². The summed E-state index contributed by atoms with van der Waals surface area (Å²) < 4.78 is 10.5. The minimum atomic E-state index is -0.425. The third kappa shape index (κ3) is 5.19. The summed E-state index contributed by atoms with van der Waals surface area (Å²) in [7, 11) is 1.42. The molecule has 1 aliphatic rings. The number of ether oxygens (including phenoxy) is 2. The SMILES string of the molecule is CCCNC(=O)C(C)OC1CCC(C(=O)OC)CC1. The highest BCUT2D eigenvalue weighted by Crippen LogP contribution is 2.27. The Bertz CT molecular complexity index is 298. The zero-order valence-electron chi connectivity index (χ0n) is 12.1. The molecule has 110 valence electrons. The quantitative estimate of drug-likeness (QED) is 0.746. The molecule has 0 spiro atoms. The molecule has 1 fully saturated rings. The highest BCUT2D eigenvalue weighted by molar-refractivity contribution is 5.80. The fraction of sp³-hybridized carbons (Fsp3) is 0.857. The molecular formula is C14H25NO4. The Morgan fingerprint density at radius 3 is 2.42 bits per heavy atom. The van der Waals surface area contributed by atoms with Crippen molar-refractivity contribution < 1.29 is 19.1 Å². The van der Waals surface area contributed by atoms with E-state index >= 15 is 0 Å². The van der Waals surface area contributed by atoms with Crippen LogP contribution in [0.2, 0.25) is 0 Å². The zero-order chi connectivity index (χ0) is 14.3. The van der Waals surface area contributed by atoms with Gasteiger partial charge in [0.25, 0.3) is 0 Å². The molecule has 1 amide bonds. The highest BCUT2D eigenvalue weighted by Gasteiger charge is 2.29. The lowest BCUT2D eigenvalue weighted by atomic mass is 9.87. The van der Waals surface area contributed by atoms with Gasteiger partial charge in [0.2, 0.25) is 5.91 Å². The minimum absolute atomic E-state index is 0.00549. The largest absolute Gasteiger partial charge is 0.469 e. The molecule has 0 aromatic rings. The molecule has 0 aromatic heterocycles. The van der Waals surface area contributed by atoms with Crippen LogP contribution in [0.25, 0.3) is 0 Å². The van der Waals surface area contributed by atoms with Crippen LogP contribution in [0.3, 0.4) is 0 Å². The first kappa shape index (κ1) is 16.0. The van der Waals surface area contributed by atoms with Gasteiger partial charge in [0.1, 0.15) is 6.10 Å². The van der Waals surface area contributed by atoms with Crippen molar-refractivity contribution in [1.29, 1.82) is 0 Å². The van der Waals surface area contributed by atoms with Gasteiger partial charge in [-0.15, -0.1) is 0 Å². The Balaban J connectivity index is 2.28. The number of rotatable bonds is 6. The first-order valence-corrected chi connectivity index (χ1v) is 7.09. The normalized spacial score (nSPS) is 24.6. The average Bonchev–Trinajstić information content (AvgIpc) is 2.44. The maximum absolute atomic E-state index is 11.7. The number of methoxy groups -OCH3 is 1. The van der Waals surface area contributed by atoms with Gasteiger partial charge in [-0.1, -0.05) is 6.92 Å². The van der Waals surface area contributed by atoms with E-state index in [0.717, 1.165) is 32.1 Å². The van der Waals surface area contributed by atoms with Crippen LogP contribution < -0.4 is 5.32 Å². The maximum Gasteiger partial charge on any atom is 0.308 e. The van der Waals surface area contributed by atoms with Crippen molar-refractivity contribution in [3.05, 3.63) is 0 Å². The lowest BCUT2D eigenvalue weighted by molar-refractivity contribution is -0.149. The average molecular weight is 271 g/mol. The summed E-state index contributed by atoms with van der Waals surface area (Å²) in [6.45, 7) is 4.47. The second kappa shape index (κ2) is 8.15. The van der Waals surface area contributed by atoms with Gasteiger partial charge in [0, 0.05) is 6.54 Å². The molecule has 0 aliphatic heterocycles. The van der Waals surface area contributed by atoms with Gasteiger partial charge in [-0.25, -0.2) is 0 Å². The lowest BCUT2D eigenvalue weighted by Gasteiger charge is -2.28. The summed E-state index contributed by atoms with van der Waals surface area (Å²) in [4.78, 5) is 23.1. The minimum Gasteiger partial charge on any atom is -0.469 e. The predicted molar refractivity (Wildman–Crippen MR) is 71.6 cm³/mol. The van der Waals surface area contributed by atoms with Gasteiger partial charge in [-0.2, -0.15) is 0 Å². The Labute approximate surface area is 115 Å². The Hall–Kier alpha value is -1.10. The molecule has 0 radical (unpaired) electrons. The highest BCUT2D eigenvalue weighted by atomic mass is 16.5.